The number of hydrogen-bond acceptors (Lipinski definition) is 7. The minimum atomic E-state index is -0.813. The van der Waals surface area contributed by atoms with Gasteiger partial charge in [0.05, 0.1) is 43.0 Å². The van der Waals surface area contributed by atoms with E-state index in [4.69, 9.17) is 25.8 Å². The van der Waals surface area contributed by atoms with Crippen LogP contribution in [0.3, 0.4) is 0 Å². The lowest BCUT2D eigenvalue weighted by Gasteiger charge is -2.27. The predicted octanol–water partition coefficient (Wildman–Crippen LogP) is 4.13. The molecule has 0 saturated carbocycles. The zero-order chi connectivity index (χ0) is 25.7. The van der Waals surface area contributed by atoms with E-state index in [9.17, 15) is 14.7 Å². The van der Waals surface area contributed by atoms with Gasteiger partial charge in [-0.1, -0.05) is 30.7 Å². The number of benzene rings is 2. The van der Waals surface area contributed by atoms with Gasteiger partial charge >= 0.3 is 0 Å². The summed E-state index contributed by atoms with van der Waals surface area (Å²) in [6.45, 7) is 3.37. The lowest BCUT2D eigenvalue weighted by atomic mass is 9.94. The third-order valence-corrected chi connectivity index (χ3v) is 6.00. The van der Waals surface area contributed by atoms with E-state index in [2.05, 4.69) is 0 Å². The van der Waals surface area contributed by atoms with Crippen molar-refractivity contribution in [1.29, 1.82) is 0 Å². The topological polar surface area (TPSA) is 88.5 Å². The first-order chi connectivity index (χ1) is 16.7. The van der Waals surface area contributed by atoms with Gasteiger partial charge in [-0.05, 0) is 44.3 Å². The molecule has 9 heteroatoms. The lowest BCUT2D eigenvalue weighted by molar-refractivity contribution is -0.140. The molecular weight excluding hydrogens is 472 g/mol. The zero-order valence-corrected chi connectivity index (χ0v) is 21.4. The summed E-state index contributed by atoms with van der Waals surface area (Å²) < 4.78 is 16.5. The maximum absolute atomic E-state index is 13.3. The summed E-state index contributed by atoms with van der Waals surface area (Å²) in [5.41, 5.74) is 0.810. The average Bonchev–Trinajstić information content (AvgIpc) is 3.10. The van der Waals surface area contributed by atoms with Crippen molar-refractivity contribution in [3.63, 3.8) is 0 Å². The van der Waals surface area contributed by atoms with Crippen molar-refractivity contribution in [2.45, 2.75) is 19.4 Å². The normalized spacial score (nSPS) is 17.2. The summed E-state index contributed by atoms with van der Waals surface area (Å²) >= 11 is 6.22. The van der Waals surface area contributed by atoms with Crippen molar-refractivity contribution in [2.75, 3.05) is 48.0 Å². The number of amides is 1. The number of aliphatic hydroxyl groups excluding tert-OH is 1. The number of carbonyl (C=O) groups is 2. The van der Waals surface area contributed by atoms with E-state index in [-0.39, 0.29) is 27.7 Å². The average molecular weight is 503 g/mol. The Morgan fingerprint density at radius 2 is 1.83 bits per heavy atom. The Balaban J connectivity index is 2.22. The number of rotatable bonds is 10. The molecule has 0 aliphatic carbocycles. The van der Waals surface area contributed by atoms with E-state index in [1.165, 1.54) is 31.3 Å². The molecule has 2 aromatic carbocycles. The summed E-state index contributed by atoms with van der Waals surface area (Å²) in [4.78, 5) is 29.8. The van der Waals surface area contributed by atoms with Crippen molar-refractivity contribution >= 4 is 29.1 Å². The number of carbonyl (C=O) groups excluding carboxylic acids is 2. The Hall–Kier alpha value is -3.23. The molecule has 1 saturated heterocycles. The lowest BCUT2D eigenvalue weighted by Crippen LogP contribution is -2.35. The standard InChI is InChI=1S/C26H31ClN2O6/c1-6-12-35-17-9-7-8-16(13-17)23-22(25(31)26(32)29(23)11-10-28(2)3)24(30)18-14-21(34-5)19(27)15-20(18)33-4/h7-9,13-15,23,30H,6,10-12H2,1-5H3/b24-22+. The van der Waals surface area contributed by atoms with Gasteiger partial charge in [-0.2, -0.15) is 0 Å². The largest absolute Gasteiger partial charge is 0.507 e. The van der Waals surface area contributed by atoms with Crippen LogP contribution < -0.4 is 14.2 Å². The highest BCUT2D eigenvalue weighted by molar-refractivity contribution is 6.46. The first kappa shape index (κ1) is 26.4. The van der Waals surface area contributed by atoms with Crippen molar-refractivity contribution < 1.29 is 28.9 Å². The number of aliphatic hydroxyl groups is 1. The molecule has 1 aliphatic rings. The smallest absolute Gasteiger partial charge is 0.295 e. The molecule has 8 nitrogen and oxygen atoms in total. The summed E-state index contributed by atoms with van der Waals surface area (Å²) in [5, 5.41) is 11.7. The van der Waals surface area contributed by atoms with Gasteiger partial charge in [-0.15, -0.1) is 0 Å². The number of likely N-dealkylation sites (N-methyl/N-ethyl adjacent to an activating group) is 1. The Morgan fingerprint density at radius 1 is 1.11 bits per heavy atom. The molecule has 0 spiro atoms. The summed E-state index contributed by atoms with van der Waals surface area (Å²) in [6, 6.07) is 9.39. The fourth-order valence-electron chi connectivity index (χ4n) is 3.95. The molecule has 0 radical (unpaired) electrons. The maximum Gasteiger partial charge on any atom is 0.295 e. The minimum absolute atomic E-state index is 0.0379. The van der Waals surface area contributed by atoms with E-state index >= 15 is 0 Å². The molecule has 0 bridgehead atoms. The Morgan fingerprint density at radius 3 is 2.46 bits per heavy atom. The van der Waals surface area contributed by atoms with Crippen molar-refractivity contribution in [3.8, 4) is 17.2 Å². The minimum Gasteiger partial charge on any atom is -0.507 e. The second kappa shape index (κ2) is 11.5. The SMILES string of the molecule is CCCOc1cccc(C2/C(=C(\O)c3cc(OC)c(Cl)cc3OC)C(=O)C(=O)N2CCN(C)C)c1. The Bertz CT molecular complexity index is 1130. The maximum atomic E-state index is 13.3. The fourth-order valence-corrected chi connectivity index (χ4v) is 4.18. The van der Waals surface area contributed by atoms with Crippen LogP contribution in [0.4, 0.5) is 0 Å². The van der Waals surface area contributed by atoms with E-state index in [0.717, 1.165) is 6.42 Å². The molecule has 1 unspecified atom stereocenters. The van der Waals surface area contributed by atoms with Crippen LogP contribution in [-0.4, -0.2) is 74.6 Å². The van der Waals surface area contributed by atoms with Crippen LogP contribution in [-0.2, 0) is 9.59 Å². The molecule has 2 aromatic rings. The van der Waals surface area contributed by atoms with Crippen LogP contribution in [0, 0.1) is 0 Å². The third kappa shape index (κ3) is 5.55. The van der Waals surface area contributed by atoms with Gasteiger partial charge in [0, 0.05) is 19.2 Å². The molecule has 1 atom stereocenters. The van der Waals surface area contributed by atoms with E-state index in [0.29, 0.717) is 36.8 Å². The molecule has 35 heavy (non-hydrogen) atoms. The highest BCUT2D eigenvalue weighted by atomic mass is 35.5. The molecule has 1 aliphatic heterocycles. The first-order valence-corrected chi connectivity index (χ1v) is 11.7. The number of Topliss-reactive ketones (excluding diaryl/α,β-unsaturated/α-hetero) is 1. The molecule has 1 heterocycles. The number of halogens is 1. The number of likely N-dealkylation sites (tertiary alicyclic amines) is 1. The van der Waals surface area contributed by atoms with Gasteiger partial charge in [0.2, 0.25) is 0 Å². The highest BCUT2D eigenvalue weighted by Crippen LogP contribution is 2.43. The first-order valence-electron chi connectivity index (χ1n) is 11.3. The quantitative estimate of drug-likeness (QED) is 0.297. The monoisotopic (exact) mass is 502 g/mol. The molecular formula is C26H31ClN2O6. The van der Waals surface area contributed by atoms with Gasteiger partial charge in [0.15, 0.2) is 0 Å². The fraction of sp³-hybridized carbons (Fsp3) is 0.385. The highest BCUT2D eigenvalue weighted by Gasteiger charge is 2.46. The molecule has 1 amide bonds. The Labute approximate surface area is 210 Å². The summed E-state index contributed by atoms with van der Waals surface area (Å²) in [5.74, 6) is -0.671. The van der Waals surface area contributed by atoms with Crippen LogP contribution in [0.2, 0.25) is 5.02 Å². The zero-order valence-electron chi connectivity index (χ0n) is 20.6. The van der Waals surface area contributed by atoms with Crippen LogP contribution in [0.25, 0.3) is 5.76 Å². The van der Waals surface area contributed by atoms with E-state index in [1.54, 1.807) is 12.1 Å². The third-order valence-electron chi connectivity index (χ3n) is 5.70. The second-order valence-electron chi connectivity index (χ2n) is 8.40. The summed E-state index contributed by atoms with van der Waals surface area (Å²) in [6.07, 6.45) is 0.837. The molecule has 1 fully saturated rings. The van der Waals surface area contributed by atoms with E-state index in [1.807, 2.05) is 38.1 Å². The number of ketones is 1. The predicted molar refractivity (Wildman–Crippen MR) is 134 cm³/mol. The van der Waals surface area contributed by atoms with Crippen molar-refractivity contribution in [3.05, 3.63) is 58.1 Å². The van der Waals surface area contributed by atoms with Gasteiger partial charge in [-0.3, -0.25) is 9.59 Å². The number of ether oxygens (including phenoxy) is 3. The van der Waals surface area contributed by atoms with Gasteiger partial charge in [0.1, 0.15) is 23.0 Å². The van der Waals surface area contributed by atoms with Gasteiger partial charge in [0.25, 0.3) is 11.7 Å². The molecule has 188 valence electrons. The van der Waals surface area contributed by atoms with Crippen molar-refractivity contribution in [2.24, 2.45) is 0 Å². The number of methoxy groups -OCH3 is 2. The van der Waals surface area contributed by atoms with Crippen LogP contribution in [0.1, 0.15) is 30.5 Å². The molecule has 1 N–H and O–H groups in total. The molecule has 3 rings (SSSR count). The van der Waals surface area contributed by atoms with Crippen molar-refractivity contribution in [1.82, 2.24) is 9.80 Å². The Kier molecular flexibility index (Phi) is 8.64. The van der Waals surface area contributed by atoms with Crippen LogP contribution in [0.15, 0.2) is 42.0 Å². The van der Waals surface area contributed by atoms with Gasteiger partial charge in [-0.25, -0.2) is 0 Å². The van der Waals surface area contributed by atoms with Gasteiger partial charge < -0.3 is 29.1 Å². The summed E-state index contributed by atoms with van der Waals surface area (Å²) in [7, 11) is 6.64. The van der Waals surface area contributed by atoms with Crippen LogP contribution in [0.5, 0.6) is 17.2 Å². The number of hydrogen-bond donors (Lipinski definition) is 1. The van der Waals surface area contributed by atoms with E-state index < -0.39 is 17.7 Å². The second-order valence-corrected chi connectivity index (χ2v) is 8.81. The number of nitrogens with zero attached hydrogens (tertiary/aromatic N) is 2. The molecule has 0 aromatic heterocycles. The van der Waals surface area contributed by atoms with Crippen LogP contribution >= 0.6 is 11.6 Å².